The van der Waals surface area contributed by atoms with E-state index in [0.29, 0.717) is 5.69 Å². The number of carboxylic acid groups (broad SMARTS) is 1. The molecular formula is C9H9N5O4. The lowest BCUT2D eigenvalue weighted by atomic mass is 10.4. The van der Waals surface area contributed by atoms with Gasteiger partial charge in [-0.2, -0.15) is 0 Å². The van der Waals surface area contributed by atoms with Crippen molar-refractivity contribution in [2.24, 2.45) is 0 Å². The molecule has 2 rings (SSSR count). The highest BCUT2D eigenvalue weighted by Crippen LogP contribution is 2.08. The molecule has 9 heteroatoms. The second-order valence-electron chi connectivity index (χ2n) is 3.49. The molecule has 0 aromatic carbocycles. The molecule has 0 aliphatic carbocycles. The molecule has 18 heavy (non-hydrogen) atoms. The molecule has 0 atom stereocenters. The van der Waals surface area contributed by atoms with Gasteiger partial charge in [-0.1, -0.05) is 10.4 Å². The van der Waals surface area contributed by atoms with Crippen LogP contribution in [-0.2, 0) is 11.3 Å². The summed E-state index contributed by atoms with van der Waals surface area (Å²) in [5, 5.41) is 21.6. The summed E-state index contributed by atoms with van der Waals surface area (Å²) in [5.74, 6) is -1.41. The maximum atomic E-state index is 11.5. The Labute approximate surface area is 100 Å². The second-order valence-corrected chi connectivity index (χ2v) is 3.49. The highest BCUT2D eigenvalue weighted by Gasteiger charge is 2.11. The van der Waals surface area contributed by atoms with Crippen molar-refractivity contribution in [2.75, 3.05) is 5.32 Å². The molecule has 0 unspecified atom stereocenters. The Morgan fingerprint density at radius 3 is 2.89 bits per heavy atom. The third-order valence-corrected chi connectivity index (χ3v) is 1.95. The van der Waals surface area contributed by atoms with E-state index in [1.165, 1.54) is 0 Å². The number of aromatic carboxylic acids is 1. The van der Waals surface area contributed by atoms with Gasteiger partial charge < -0.3 is 9.63 Å². The normalized spacial score (nSPS) is 10.3. The van der Waals surface area contributed by atoms with Crippen molar-refractivity contribution in [3.05, 3.63) is 23.7 Å². The summed E-state index contributed by atoms with van der Waals surface area (Å²) in [7, 11) is 0. The van der Waals surface area contributed by atoms with Crippen LogP contribution in [0.15, 0.2) is 16.8 Å². The first kappa shape index (κ1) is 11.8. The molecule has 0 aliphatic heterocycles. The zero-order valence-corrected chi connectivity index (χ0v) is 9.32. The average Bonchev–Trinajstić information content (AvgIpc) is 2.88. The van der Waals surface area contributed by atoms with Crippen molar-refractivity contribution in [3.63, 3.8) is 0 Å². The van der Waals surface area contributed by atoms with Crippen LogP contribution in [0.2, 0.25) is 0 Å². The lowest BCUT2D eigenvalue weighted by molar-refractivity contribution is -0.117. The minimum Gasteiger partial charge on any atom is -0.476 e. The molecular weight excluding hydrogens is 242 g/mol. The monoisotopic (exact) mass is 251 g/mol. The summed E-state index contributed by atoms with van der Waals surface area (Å²) in [4.78, 5) is 22.1. The van der Waals surface area contributed by atoms with Gasteiger partial charge in [0.2, 0.25) is 11.8 Å². The number of hydrogen-bond acceptors (Lipinski definition) is 6. The number of nitrogens with one attached hydrogen (secondary N) is 1. The summed E-state index contributed by atoms with van der Waals surface area (Å²) in [5.41, 5.74) is 0.414. The van der Waals surface area contributed by atoms with E-state index in [2.05, 4.69) is 20.8 Å². The number of carbonyl (C=O) groups excluding carboxylic acids is 1. The van der Waals surface area contributed by atoms with Crippen molar-refractivity contribution >= 4 is 17.8 Å². The Morgan fingerprint density at radius 2 is 2.33 bits per heavy atom. The lowest BCUT2D eigenvalue weighted by Crippen LogP contribution is -2.18. The zero-order valence-electron chi connectivity index (χ0n) is 9.32. The van der Waals surface area contributed by atoms with E-state index in [-0.39, 0.29) is 18.1 Å². The molecule has 0 bridgehead atoms. The summed E-state index contributed by atoms with van der Waals surface area (Å²) >= 11 is 0. The number of aryl methyl sites for hydroxylation is 1. The molecule has 2 aromatic rings. The SMILES string of the molecule is Cc1cc(NC(=O)Cn2cc(C(=O)O)nn2)on1. The summed E-state index contributed by atoms with van der Waals surface area (Å²) in [6.45, 7) is 1.55. The molecule has 1 amide bonds. The van der Waals surface area contributed by atoms with E-state index < -0.39 is 11.9 Å². The van der Waals surface area contributed by atoms with Crippen LogP contribution in [0.4, 0.5) is 5.88 Å². The van der Waals surface area contributed by atoms with Crippen LogP contribution in [0.25, 0.3) is 0 Å². The van der Waals surface area contributed by atoms with E-state index >= 15 is 0 Å². The van der Waals surface area contributed by atoms with Crippen LogP contribution in [0.5, 0.6) is 0 Å². The van der Waals surface area contributed by atoms with Crippen molar-refractivity contribution in [3.8, 4) is 0 Å². The first-order chi connectivity index (χ1) is 8.54. The summed E-state index contributed by atoms with van der Waals surface area (Å²) in [6, 6.07) is 1.56. The van der Waals surface area contributed by atoms with Gasteiger partial charge in [0, 0.05) is 6.07 Å². The van der Waals surface area contributed by atoms with Crippen molar-refractivity contribution in [1.82, 2.24) is 20.2 Å². The maximum absolute atomic E-state index is 11.5. The topological polar surface area (TPSA) is 123 Å². The number of carboxylic acids is 1. The zero-order chi connectivity index (χ0) is 13.1. The molecule has 94 valence electrons. The van der Waals surface area contributed by atoms with E-state index in [0.717, 1.165) is 10.9 Å². The molecule has 0 spiro atoms. The minimum absolute atomic E-state index is 0.167. The largest absolute Gasteiger partial charge is 0.476 e. The third-order valence-electron chi connectivity index (χ3n) is 1.95. The van der Waals surface area contributed by atoms with E-state index in [4.69, 9.17) is 9.63 Å². The molecule has 9 nitrogen and oxygen atoms in total. The molecule has 2 N–H and O–H groups in total. The molecule has 0 aliphatic rings. The Morgan fingerprint density at radius 1 is 1.56 bits per heavy atom. The highest BCUT2D eigenvalue weighted by atomic mass is 16.5. The molecule has 0 fully saturated rings. The van der Waals surface area contributed by atoms with E-state index in [1.54, 1.807) is 13.0 Å². The van der Waals surface area contributed by atoms with Crippen LogP contribution in [0.1, 0.15) is 16.2 Å². The summed E-state index contributed by atoms with van der Waals surface area (Å²) < 4.78 is 5.91. The number of amides is 1. The highest BCUT2D eigenvalue weighted by molar-refractivity contribution is 5.89. The Bertz CT molecular complexity index is 587. The quantitative estimate of drug-likeness (QED) is 0.778. The average molecular weight is 251 g/mol. The predicted molar refractivity (Wildman–Crippen MR) is 56.9 cm³/mol. The van der Waals surface area contributed by atoms with E-state index in [1.807, 2.05) is 0 Å². The smallest absolute Gasteiger partial charge is 0.358 e. The van der Waals surface area contributed by atoms with Gasteiger partial charge in [0.05, 0.1) is 11.9 Å². The number of rotatable bonds is 4. The Hall–Kier alpha value is -2.71. The second kappa shape index (κ2) is 4.65. The van der Waals surface area contributed by atoms with Crippen molar-refractivity contribution in [2.45, 2.75) is 13.5 Å². The number of nitrogens with zero attached hydrogens (tertiary/aromatic N) is 4. The minimum atomic E-state index is -1.20. The van der Waals surface area contributed by atoms with Crippen LogP contribution >= 0.6 is 0 Å². The predicted octanol–water partition coefficient (Wildman–Crippen LogP) is -0.0886. The molecule has 0 radical (unpaired) electrons. The fourth-order valence-electron chi connectivity index (χ4n) is 1.22. The number of anilines is 1. The maximum Gasteiger partial charge on any atom is 0.358 e. The van der Waals surface area contributed by atoms with Crippen LogP contribution in [0.3, 0.4) is 0 Å². The van der Waals surface area contributed by atoms with Crippen LogP contribution < -0.4 is 5.32 Å². The third kappa shape index (κ3) is 2.70. The number of carbonyl (C=O) groups is 2. The Kier molecular flexibility index (Phi) is 3.04. The number of hydrogen-bond donors (Lipinski definition) is 2. The van der Waals surface area contributed by atoms with Gasteiger partial charge in [-0.05, 0) is 6.92 Å². The Balaban J connectivity index is 1.96. The first-order valence-corrected chi connectivity index (χ1v) is 4.91. The standard InChI is InChI=1S/C9H9N5O4/c1-5-2-8(18-12-5)10-7(15)4-14-3-6(9(16)17)11-13-14/h2-3H,4H2,1H3,(H,10,15)(H,16,17). The van der Waals surface area contributed by atoms with Crippen molar-refractivity contribution < 1.29 is 19.2 Å². The van der Waals surface area contributed by atoms with Gasteiger partial charge >= 0.3 is 5.97 Å². The molecule has 0 saturated carbocycles. The lowest BCUT2D eigenvalue weighted by Gasteiger charge is -1.99. The van der Waals surface area contributed by atoms with Gasteiger partial charge in [0.25, 0.3) is 0 Å². The van der Waals surface area contributed by atoms with Crippen molar-refractivity contribution in [1.29, 1.82) is 0 Å². The molecule has 2 aromatic heterocycles. The first-order valence-electron chi connectivity index (χ1n) is 4.91. The summed E-state index contributed by atoms with van der Waals surface area (Å²) in [6.07, 6.45) is 1.16. The fourth-order valence-corrected chi connectivity index (χ4v) is 1.22. The van der Waals surface area contributed by atoms with Crippen LogP contribution in [-0.4, -0.2) is 37.1 Å². The molecule has 2 heterocycles. The van der Waals surface area contributed by atoms with Gasteiger partial charge in [0.1, 0.15) is 6.54 Å². The number of aromatic nitrogens is 4. The molecule has 0 saturated heterocycles. The van der Waals surface area contributed by atoms with Crippen LogP contribution in [0, 0.1) is 6.92 Å². The van der Waals surface area contributed by atoms with Gasteiger partial charge in [0.15, 0.2) is 5.69 Å². The van der Waals surface area contributed by atoms with Gasteiger partial charge in [-0.15, -0.1) is 5.10 Å². The van der Waals surface area contributed by atoms with E-state index in [9.17, 15) is 9.59 Å². The van der Waals surface area contributed by atoms with Gasteiger partial charge in [-0.3, -0.25) is 10.1 Å². The fraction of sp³-hybridized carbons (Fsp3) is 0.222. The van der Waals surface area contributed by atoms with Gasteiger partial charge in [-0.25, -0.2) is 9.48 Å².